The number of hydrogen-bond donors (Lipinski definition) is 0. The summed E-state index contributed by atoms with van der Waals surface area (Å²) in [5.74, 6) is 0.994. The molecule has 0 radical (unpaired) electrons. The molecule has 2 aliphatic rings. The van der Waals surface area contributed by atoms with Gasteiger partial charge in [-0.3, -0.25) is 4.98 Å². The van der Waals surface area contributed by atoms with Crippen LogP contribution in [0.1, 0.15) is 25.7 Å². The van der Waals surface area contributed by atoms with Crippen molar-refractivity contribution in [3.63, 3.8) is 0 Å². The monoisotopic (exact) mass is 268 g/mol. The van der Waals surface area contributed by atoms with E-state index in [0.717, 1.165) is 24.6 Å². The second-order valence-corrected chi connectivity index (χ2v) is 5.97. The van der Waals surface area contributed by atoms with E-state index in [4.69, 9.17) is 4.74 Å². The van der Waals surface area contributed by atoms with E-state index in [9.17, 15) is 0 Å². The van der Waals surface area contributed by atoms with E-state index in [2.05, 4.69) is 28.1 Å². The van der Waals surface area contributed by atoms with Crippen molar-refractivity contribution in [1.82, 2.24) is 9.88 Å². The highest BCUT2D eigenvalue weighted by Gasteiger charge is 2.32. The van der Waals surface area contributed by atoms with E-state index in [0.29, 0.717) is 6.10 Å². The first-order chi connectivity index (χ1) is 9.88. The Morgan fingerprint density at radius 3 is 2.65 bits per heavy atom. The predicted molar refractivity (Wildman–Crippen MR) is 80.0 cm³/mol. The van der Waals surface area contributed by atoms with Gasteiger partial charge in [-0.05, 0) is 55.3 Å². The largest absolute Gasteiger partial charge is 0.490 e. The molecule has 1 saturated carbocycles. The molecule has 1 saturated heterocycles. The van der Waals surface area contributed by atoms with Crippen LogP contribution in [0.15, 0.2) is 36.7 Å². The molecule has 0 bridgehead atoms. The van der Waals surface area contributed by atoms with Crippen molar-refractivity contribution in [3.05, 3.63) is 36.7 Å². The molecule has 4 rings (SSSR count). The first-order valence-corrected chi connectivity index (χ1v) is 7.63. The fourth-order valence-corrected chi connectivity index (χ4v) is 3.13. The first-order valence-electron chi connectivity index (χ1n) is 7.63. The molecule has 0 atom stereocenters. The lowest BCUT2D eigenvalue weighted by molar-refractivity contribution is 0.0967. The zero-order chi connectivity index (χ0) is 13.4. The lowest BCUT2D eigenvalue weighted by Gasteiger charge is -2.32. The molecular weight excluding hydrogens is 248 g/mol. The van der Waals surface area contributed by atoms with Crippen LogP contribution in [0, 0.1) is 0 Å². The number of aromatic nitrogens is 1. The van der Waals surface area contributed by atoms with Crippen LogP contribution in [0.3, 0.4) is 0 Å². The van der Waals surface area contributed by atoms with Gasteiger partial charge in [0.25, 0.3) is 0 Å². The van der Waals surface area contributed by atoms with Gasteiger partial charge in [0.05, 0.1) is 0 Å². The van der Waals surface area contributed by atoms with Crippen molar-refractivity contribution in [3.8, 4) is 5.75 Å². The minimum atomic E-state index is 0.379. The Hall–Kier alpha value is -1.61. The van der Waals surface area contributed by atoms with Gasteiger partial charge < -0.3 is 9.64 Å². The average Bonchev–Trinajstić information content (AvgIpc) is 3.33. The van der Waals surface area contributed by atoms with Gasteiger partial charge in [0.15, 0.2) is 0 Å². The molecule has 2 heterocycles. The Labute approximate surface area is 119 Å². The van der Waals surface area contributed by atoms with Crippen molar-refractivity contribution >= 4 is 10.8 Å². The molecule has 1 aromatic carbocycles. The van der Waals surface area contributed by atoms with Crippen LogP contribution in [0.2, 0.25) is 0 Å². The number of pyridine rings is 1. The molecule has 0 spiro atoms. The fourth-order valence-electron chi connectivity index (χ4n) is 3.13. The van der Waals surface area contributed by atoms with Crippen LogP contribution >= 0.6 is 0 Å². The van der Waals surface area contributed by atoms with Crippen molar-refractivity contribution in [2.24, 2.45) is 0 Å². The van der Waals surface area contributed by atoms with E-state index in [1.165, 1.54) is 36.7 Å². The Morgan fingerprint density at radius 2 is 1.85 bits per heavy atom. The van der Waals surface area contributed by atoms with Crippen molar-refractivity contribution in [2.75, 3.05) is 13.1 Å². The minimum Gasteiger partial charge on any atom is -0.490 e. The summed E-state index contributed by atoms with van der Waals surface area (Å²) in [6.07, 6.45) is 9.24. The minimum absolute atomic E-state index is 0.379. The molecule has 1 aliphatic heterocycles. The van der Waals surface area contributed by atoms with Gasteiger partial charge in [0, 0.05) is 36.9 Å². The number of rotatable bonds is 3. The molecular formula is C17H20N2O. The summed E-state index contributed by atoms with van der Waals surface area (Å²) in [7, 11) is 0. The normalized spacial score (nSPS) is 21.2. The van der Waals surface area contributed by atoms with Crippen molar-refractivity contribution in [1.29, 1.82) is 0 Å². The van der Waals surface area contributed by atoms with E-state index >= 15 is 0 Å². The van der Waals surface area contributed by atoms with Crippen molar-refractivity contribution in [2.45, 2.75) is 37.8 Å². The lowest BCUT2D eigenvalue weighted by atomic mass is 10.1. The highest BCUT2D eigenvalue weighted by molar-refractivity contribution is 5.82. The molecule has 0 N–H and O–H groups in total. The summed E-state index contributed by atoms with van der Waals surface area (Å²) in [4.78, 5) is 6.77. The second-order valence-electron chi connectivity index (χ2n) is 5.97. The number of ether oxygens (including phenoxy) is 1. The van der Waals surface area contributed by atoms with Crippen LogP contribution in [0.4, 0.5) is 0 Å². The third kappa shape index (κ3) is 2.50. The van der Waals surface area contributed by atoms with E-state index in [1.807, 2.05) is 18.5 Å². The number of likely N-dealkylation sites (tertiary alicyclic amines) is 1. The summed E-state index contributed by atoms with van der Waals surface area (Å²) in [5, 5.41) is 2.37. The molecule has 3 heteroatoms. The van der Waals surface area contributed by atoms with E-state index in [-0.39, 0.29) is 0 Å². The summed E-state index contributed by atoms with van der Waals surface area (Å²) < 4.78 is 6.16. The van der Waals surface area contributed by atoms with Crippen LogP contribution in [-0.4, -0.2) is 35.1 Å². The smallest absolute Gasteiger partial charge is 0.120 e. The highest BCUT2D eigenvalue weighted by Crippen LogP contribution is 2.30. The number of nitrogens with zero attached hydrogens (tertiary/aromatic N) is 2. The Bertz CT molecular complexity index is 601. The maximum absolute atomic E-state index is 6.16. The summed E-state index contributed by atoms with van der Waals surface area (Å²) in [5.41, 5.74) is 0. The zero-order valence-corrected chi connectivity index (χ0v) is 11.7. The van der Waals surface area contributed by atoms with Gasteiger partial charge >= 0.3 is 0 Å². The first kappa shape index (κ1) is 12.2. The molecule has 0 amide bonds. The molecule has 1 aromatic heterocycles. The summed E-state index contributed by atoms with van der Waals surface area (Å²) in [6, 6.07) is 9.22. The van der Waals surface area contributed by atoms with Gasteiger partial charge in [-0.2, -0.15) is 0 Å². The van der Waals surface area contributed by atoms with Crippen LogP contribution < -0.4 is 4.74 Å². The highest BCUT2D eigenvalue weighted by atomic mass is 16.5. The van der Waals surface area contributed by atoms with Crippen molar-refractivity contribution < 1.29 is 4.74 Å². The average molecular weight is 268 g/mol. The number of piperidine rings is 1. The van der Waals surface area contributed by atoms with Gasteiger partial charge in [-0.15, -0.1) is 0 Å². The SMILES string of the molecule is c1cc2cc(OC3CCN(C4CC4)CC3)ccc2cn1. The van der Waals surface area contributed by atoms with Gasteiger partial charge in [-0.1, -0.05) is 0 Å². The molecule has 20 heavy (non-hydrogen) atoms. The molecule has 3 nitrogen and oxygen atoms in total. The third-order valence-electron chi connectivity index (χ3n) is 4.45. The molecule has 0 unspecified atom stereocenters. The van der Waals surface area contributed by atoms with E-state index in [1.54, 1.807) is 0 Å². The standard InChI is InChI=1S/C17H20N2O/c1-4-17(11-13-5-8-18-12-14(1)13)20-16-6-9-19(10-7-16)15-2-3-15/h1,4-5,8,11-12,15-16H,2-3,6-7,9-10H2. The van der Waals surface area contributed by atoms with Gasteiger partial charge in [-0.25, -0.2) is 0 Å². The fraction of sp³-hybridized carbons (Fsp3) is 0.471. The predicted octanol–water partition coefficient (Wildman–Crippen LogP) is 3.24. The summed E-state index contributed by atoms with van der Waals surface area (Å²) >= 11 is 0. The van der Waals surface area contributed by atoms with Gasteiger partial charge in [0.1, 0.15) is 11.9 Å². The zero-order valence-electron chi connectivity index (χ0n) is 11.7. The van der Waals surface area contributed by atoms with E-state index < -0.39 is 0 Å². The molecule has 2 fully saturated rings. The summed E-state index contributed by atoms with van der Waals surface area (Å²) in [6.45, 7) is 2.40. The lowest BCUT2D eigenvalue weighted by Crippen LogP contribution is -2.39. The third-order valence-corrected chi connectivity index (χ3v) is 4.45. The quantitative estimate of drug-likeness (QED) is 0.854. The maximum Gasteiger partial charge on any atom is 0.120 e. The van der Waals surface area contributed by atoms with Crippen LogP contribution in [0.25, 0.3) is 10.8 Å². The Kier molecular flexibility index (Phi) is 3.07. The molecule has 104 valence electrons. The number of hydrogen-bond acceptors (Lipinski definition) is 3. The second kappa shape index (κ2) is 5.06. The Morgan fingerprint density at radius 1 is 1.00 bits per heavy atom. The molecule has 1 aliphatic carbocycles. The van der Waals surface area contributed by atoms with Gasteiger partial charge in [0.2, 0.25) is 0 Å². The van der Waals surface area contributed by atoms with Crippen LogP contribution in [-0.2, 0) is 0 Å². The van der Waals surface area contributed by atoms with Crippen LogP contribution in [0.5, 0.6) is 5.75 Å². The Balaban J connectivity index is 1.42. The number of fused-ring (bicyclic) bond motifs is 1. The maximum atomic E-state index is 6.16. The molecule has 2 aromatic rings. The number of benzene rings is 1. The topological polar surface area (TPSA) is 25.4 Å².